The van der Waals surface area contributed by atoms with Crippen LogP contribution in [0.4, 0.5) is 0 Å². The summed E-state index contributed by atoms with van der Waals surface area (Å²) in [6.07, 6.45) is 104. The second-order valence-electron chi connectivity index (χ2n) is 19.5. The van der Waals surface area contributed by atoms with Gasteiger partial charge in [0.25, 0.3) is 0 Å². The Labute approximate surface area is 495 Å². The van der Waals surface area contributed by atoms with Gasteiger partial charge in [-0.3, -0.25) is 14.4 Å². The van der Waals surface area contributed by atoms with E-state index in [0.29, 0.717) is 19.3 Å². The molecule has 446 valence electrons. The van der Waals surface area contributed by atoms with Gasteiger partial charge < -0.3 is 14.2 Å². The second kappa shape index (κ2) is 66.2. The Morgan fingerprint density at radius 2 is 0.469 bits per heavy atom. The van der Waals surface area contributed by atoms with Gasteiger partial charge in [0, 0.05) is 19.3 Å². The molecule has 1 unspecified atom stereocenters. The lowest BCUT2D eigenvalue weighted by Crippen LogP contribution is -2.30. The molecule has 6 nitrogen and oxygen atoms in total. The van der Waals surface area contributed by atoms with Crippen molar-refractivity contribution in [1.29, 1.82) is 0 Å². The van der Waals surface area contributed by atoms with Gasteiger partial charge in [-0.2, -0.15) is 0 Å². The Balaban J connectivity index is 4.56. The summed E-state index contributed by atoms with van der Waals surface area (Å²) in [4.78, 5) is 38.2. The van der Waals surface area contributed by atoms with E-state index in [1.54, 1.807) is 0 Å². The number of rotatable bonds is 53. The van der Waals surface area contributed by atoms with Gasteiger partial charge in [-0.05, 0) is 161 Å². The zero-order valence-corrected chi connectivity index (χ0v) is 50.9. The first-order valence-corrected chi connectivity index (χ1v) is 31.2. The number of hydrogen-bond donors (Lipinski definition) is 0. The molecule has 0 N–H and O–H groups in total. The van der Waals surface area contributed by atoms with E-state index >= 15 is 0 Å². The summed E-state index contributed by atoms with van der Waals surface area (Å²) in [6, 6.07) is 0. The van der Waals surface area contributed by atoms with Gasteiger partial charge in [-0.15, -0.1) is 0 Å². The van der Waals surface area contributed by atoms with Crippen LogP contribution in [0.2, 0.25) is 0 Å². The molecule has 0 saturated carbocycles. The average Bonchev–Trinajstić information content (AvgIpc) is 3.46. The molecule has 81 heavy (non-hydrogen) atoms. The van der Waals surface area contributed by atoms with Crippen molar-refractivity contribution in [3.8, 4) is 0 Å². The number of esters is 3. The molecule has 0 aliphatic rings. The second-order valence-corrected chi connectivity index (χ2v) is 19.5. The molecule has 0 fully saturated rings. The summed E-state index contributed by atoms with van der Waals surface area (Å²) in [5.41, 5.74) is 0. The quantitative estimate of drug-likeness (QED) is 0.0261. The van der Waals surface area contributed by atoms with Crippen LogP contribution in [-0.4, -0.2) is 37.2 Å². The SMILES string of the molecule is CC/C=C\C/C=C\C/C=C\C/C=C\C/C=C\C/C=C\C/C=C\C/C=C\CCCCCCC(=O)OCC(COC(=O)CC/C=C\C/C=C\C/C=C\C/C=C\CC)OC(=O)CCCC/C=C\C/C=C\C/C=C\C/C=C\C/C=C\C/C=C\CC. The predicted octanol–water partition coefficient (Wildman–Crippen LogP) is 21.8. The van der Waals surface area contributed by atoms with Crippen LogP contribution in [0, 0.1) is 0 Å². The normalized spacial score (nSPS) is 13.7. The van der Waals surface area contributed by atoms with Crippen LogP contribution in [0.5, 0.6) is 0 Å². The third-order valence-corrected chi connectivity index (χ3v) is 12.0. The van der Waals surface area contributed by atoms with Crippen molar-refractivity contribution in [2.75, 3.05) is 13.2 Å². The maximum absolute atomic E-state index is 12.9. The van der Waals surface area contributed by atoms with Crippen molar-refractivity contribution >= 4 is 17.9 Å². The van der Waals surface area contributed by atoms with E-state index < -0.39 is 6.10 Å². The van der Waals surface area contributed by atoms with E-state index in [1.807, 2.05) is 12.2 Å². The van der Waals surface area contributed by atoms with E-state index in [4.69, 9.17) is 14.2 Å². The predicted molar refractivity (Wildman–Crippen MR) is 352 cm³/mol. The van der Waals surface area contributed by atoms with Gasteiger partial charge in [-0.25, -0.2) is 0 Å². The van der Waals surface area contributed by atoms with Crippen molar-refractivity contribution < 1.29 is 28.6 Å². The standard InChI is InChI=1S/C75H110O6/c1-4-7-10-13-16-19-22-25-27-29-31-33-34-35-36-37-38-39-40-42-43-45-47-50-53-56-59-62-65-68-74(77)80-71-72(70-79-73(76)67-64-61-58-55-52-49-24-21-18-15-12-9-6-3)81-75(78)69-66-63-60-57-54-51-48-46-44-41-32-30-28-26-23-20-17-14-11-8-5-2/h7-12,16-21,25-28,31-33,35-36,38-39,41-43,46-50,52,54,57-58,61,72H,4-6,13-15,22-24,29-30,34,37,40,44-45,51,53,55-56,59-60,62-71H2,1-3H3/b10-7-,11-8-,12-9-,19-16-,20-17-,21-18-,27-25-,28-26-,33-31-,36-35-,39-38-,41-32-,43-42-,48-46-,50-47-,52-49-,57-54-,61-58-. The fourth-order valence-electron chi connectivity index (χ4n) is 7.41. The minimum atomic E-state index is -0.857. The highest BCUT2D eigenvalue weighted by Gasteiger charge is 2.19. The molecule has 0 bridgehead atoms. The van der Waals surface area contributed by atoms with E-state index in [0.717, 1.165) is 161 Å². The van der Waals surface area contributed by atoms with Crippen molar-refractivity contribution in [2.24, 2.45) is 0 Å². The first-order valence-electron chi connectivity index (χ1n) is 31.2. The summed E-state index contributed by atoms with van der Waals surface area (Å²) in [6.45, 7) is 6.14. The van der Waals surface area contributed by atoms with Crippen LogP contribution in [0.15, 0.2) is 219 Å². The van der Waals surface area contributed by atoms with Gasteiger partial charge >= 0.3 is 17.9 Å². The number of carbonyl (C=O) groups is 3. The number of ether oxygens (including phenoxy) is 3. The first-order chi connectivity index (χ1) is 40.0. The summed E-state index contributed by atoms with van der Waals surface area (Å²) >= 11 is 0. The Morgan fingerprint density at radius 1 is 0.247 bits per heavy atom. The van der Waals surface area contributed by atoms with E-state index in [1.165, 1.54) is 0 Å². The Bertz CT molecular complexity index is 2050. The van der Waals surface area contributed by atoms with Gasteiger partial charge in [-0.1, -0.05) is 252 Å². The zero-order chi connectivity index (χ0) is 58.5. The Kier molecular flexibility index (Phi) is 61.1. The molecule has 1 atom stereocenters. The molecule has 0 aliphatic heterocycles. The molecule has 0 aromatic rings. The smallest absolute Gasteiger partial charge is 0.306 e. The maximum Gasteiger partial charge on any atom is 0.306 e. The molecular weight excluding hydrogens is 997 g/mol. The molecule has 0 amide bonds. The van der Waals surface area contributed by atoms with Crippen molar-refractivity contribution in [3.63, 3.8) is 0 Å². The van der Waals surface area contributed by atoms with E-state index in [2.05, 4.69) is 227 Å². The molecular formula is C75H110O6. The van der Waals surface area contributed by atoms with Crippen LogP contribution < -0.4 is 0 Å². The van der Waals surface area contributed by atoms with Gasteiger partial charge in [0.05, 0.1) is 0 Å². The third-order valence-electron chi connectivity index (χ3n) is 12.0. The molecule has 6 heteroatoms. The fraction of sp³-hybridized carbons (Fsp3) is 0.480. The van der Waals surface area contributed by atoms with Crippen molar-refractivity contribution in [2.45, 2.75) is 219 Å². The largest absolute Gasteiger partial charge is 0.462 e. The monoisotopic (exact) mass is 1110 g/mol. The fourth-order valence-corrected chi connectivity index (χ4v) is 7.41. The Morgan fingerprint density at radius 3 is 0.778 bits per heavy atom. The molecule has 0 heterocycles. The van der Waals surface area contributed by atoms with Crippen molar-refractivity contribution in [1.82, 2.24) is 0 Å². The number of hydrogen-bond acceptors (Lipinski definition) is 6. The van der Waals surface area contributed by atoms with Crippen LogP contribution in [0.1, 0.15) is 213 Å². The third kappa shape index (κ3) is 64.4. The topological polar surface area (TPSA) is 78.9 Å². The highest BCUT2D eigenvalue weighted by atomic mass is 16.6. The van der Waals surface area contributed by atoms with Crippen molar-refractivity contribution in [3.05, 3.63) is 219 Å². The number of carbonyl (C=O) groups excluding carboxylic acids is 3. The lowest BCUT2D eigenvalue weighted by molar-refractivity contribution is -0.166. The zero-order valence-electron chi connectivity index (χ0n) is 50.9. The van der Waals surface area contributed by atoms with Gasteiger partial charge in [0.1, 0.15) is 13.2 Å². The molecule has 0 aromatic heterocycles. The molecule has 0 radical (unpaired) electrons. The highest BCUT2D eigenvalue weighted by Crippen LogP contribution is 2.11. The van der Waals surface area contributed by atoms with E-state index in [9.17, 15) is 14.4 Å². The average molecular weight is 1110 g/mol. The highest BCUT2D eigenvalue weighted by molar-refractivity contribution is 5.71. The number of unbranched alkanes of at least 4 members (excludes halogenated alkanes) is 6. The lowest BCUT2D eigenvalue weighted by atomic mass is 10.1. The maximum atomic E-state index is 12.9. The minimum absolute atomic E-state index is 0.145. The Hall–Kier alpha value is -6.27. The summed E-state index contributed by atoms with van der Waals surface area (Å²) < 4.78 is 16.8. The summed E-state index contributed by atoms with van der Waals surface area (Å²) in [5.74, 6) is -1.11. The summed E-state index contributed by atoms with van der Waals surface area (Å²) in [7, 11) is 0. The van der Waals surface area contributed by atoms with Crippen LogP contribution in [0.25, 0.3) is 0 Å². The van der Waals surface area contributed by atoms with Crippen LogP contribution in [-0.2, 0) is 28.6 Å². The van der Waals surface area contributed by atoms with E-state index in [-0.39, 0.29) is 44.0 Å². The molecule has 0 aliphatic carbocycles. The van der Waals surface area contributed by atoms with Crippen LogP contribution in [0.3, 0.4) is 0 Å². The van der Waals surface area contributed by atoms with Gasteiger partial charge in [0.15, 0.2) is 6.10 Å². The molecule has 0 rings (SSSR count). The molecule has 0 spiro atoms. The van der Waals surface area contributed by atoms with Gasteiger partial charge in [0.2, 0.25) is 0 Å². The lowest BCUT2D eigenvalue weighted by Gasteiger charge is -2.18. The first kappa shape index (κ1) is 74.7. The molecule has 0 aromatic carbocycles. The van der Waals surface area contributed by atoms with Crippen LogP contribution >= 0.6 is 0 Å². The molecule has 0 saturated heterocycles. The number of allylic oxidation sites excluding steroid dienone is 36. The minimum Gasteiger partial charge on any atom is -0.462 e. The summed E-state index contributed by atoms with van der Waals surface area (Å²) in [5, 5.41) is 0.